The Kier molecular flexibility index (Phi) is 6.43. The third-order valence-corrected chi connectivity index (χ3v) is 7.64. The maximum absolute atomic E-state index is 5.12. The topological polar surface area (TPSA) is 19.4 Å². The average molecular weight is 438 g/mol. The van der Waals surface area contributed by atoms with Gasteiger partial charge in [0.05, 0.1) is 11.2 Å². The smallest absolute Gasteiger partial charge is 0.0719 e. The van der Waals surface area contributed by atoms with Gasteiger partial charge >= 0.3 is 0 Å². The van der Waals surface area contributed by atoms with E-state index in [2.05, 4.69) is 103 Å². The number of rotatable bonds is 6. The number of benzene rings is 3. The van der Waals surface area contributed by atoms with Gasteiger partial charge in [0, 0.05) is 36.1 Å². The molecule has 1 unspecified atom stereocenters. The van der Waals surface area contributed by atoms with Gasteiger partial charge in [-0.25, -0.2) is 4.98 Å². The third-order valence-electron chi connectivity index (χ3n) is 7.64. The van der Waals surface area contributed by atoms with E-state index in [1.54, 1.807) is 0 Å². The predicted octanol–water partition coefficient (Wildman–Crippen LogP) is 6.92. The molecular formula is C30H35N3. The molecule has 0 bridgehead atoms. The van der Waals surface area contributed by atoms with Gasteiger partial charge in [-0.05, 0) is 61.3 Å². The molecule has 0 saturated carbocycles. The Morgan fingerprint density at radius 3 is 2.30 bits per heavy atom. The molecule has 33 heavy (non-hydrogen) atoms. The lowest BCUT2D eigenvalue weighted by Crippen LogP contribution is -2.45. The van der Waals surface area contributed by atoms with E-state index in [1.165, 1.54) is 40.1 Å². The number of para-hydroxylation sites is 1. The van der Waals surface area contributed by atoms with Crippen molar-refractivity contribution >= 4 is 21.7 Å². The number of nitrogens with zero attached hydrogens (tertiary/aromatic N) is 3. The van der Waals surface area contributed by atoms with Crippen LogP contribution >= 0.6 is 0 Å². The molecule has 3 aromatic carbocycles. The van der Waals surface area contributed by atoms with Crippen LogP contribution in [0.5, 0.6) is 0 Å². The normalized spacial score (nSPS) is 16.6. The summed E-state index contributed by atoms with van der Waals surface area (Å²) in [5.41, 5.74) is 4.77. The van der Waals surface area contributed by atoms with Crippen LogP contribution in [-0.4, -0.2) is 47.0 Å². The van der Waals surface area contributed by atoms with Crippen molar-refractivity contribution in [3.05, 3.63) is 78.4 Å². The molecular weight excluding hydrogens is 402 g/mol. The van der Waals surface area contributed by atoms with E-state index in [-0.39, 0.29) is 0 Å². The highest BCUT2D eigenvalue weighted by Gasteiger charge is 2.27. The number of aromatic nitrogens is 1. The van der Waals surface area contributed by atoms with Gasteiger partial charge in [0.2, 0.25) is 0 Å². The van der Waals surface area contributed by atoms with Gasteiger partial charge in [-0.15, -0.1) is 0 Å². The van der Waals surface area contributed by atoms with Gasteiger partial charge in [0.1, 0.15) is 0 Å². The van der Waals surface area contributed by atoms with Crippen LogP contribution in [-0.2, 0) is 0 Å². The summed E-state index contributed by atoms with van der Waals surface area (Å²) in [6, 6.07) is 27.3. The highest BCUT2D eigenvalue weighted by Crippen LogP contribution is 2.35. The minimum Gasteiger partial charge on any atom is -0.301 e. The molecule has 1 aromatic heterocycles. The van der Waals surface area contributed by atoms with Crippen molar-refractivity contribution in [1.82, 2.24) is 14.8 Å². The molecule has 1 aliphatic rings. The third kappa shape index (κ3) is 4.28. The monoisotopic (exact) mass is 437 g/mol. The summed E-state index contributed by atoms with van der Waals surface area (Å²) in [4.78, 5) is 10.4. The van der Waals surface area contributed by atoms with Crippen LogP contribution in [0.2, 0.25) is 0 Å². The first-order valence-electron chi connectivity index (χ1n) is 12.6. The average Bonchev–Trinajstić information content (AvgIpc) is 2.88. The minimum atomic E-state index is 0.365. The fourth-order valence-corrected chi connectivity index (χ4v) is 5.71. The summed E-state index contributed by atoms with van der Waals surface area (Å²) in [6.07, 6.45) is 2.51. The van der Waals surface area contributed by atoms with E-state index in [9.17, 15) is 0 Å². The molecule has 3 heteroatoms. The number of fused-ring (bicyclic) bond motifs is 2. The van der Waals surface area contributed by atoms with Crippen molar-refractivity contribution in [2.75, 3.05) is 26.2 Å². The molecule has 1 atom stereocenters. The van der Waals surface area contributed by atoms with Gasteiger partial charge in [-0.1, -0.05) is 74.5 Å². The molecule has 1 aliphatic heterocycles. The zero-order valence-corrected chi connectivity index (χ0v) is 20.2. The number of pyridine rings is 1. The molecule has 170 valence electrons. The molecule has 0 spiro atoms. The maximum Gasteiger partial charge on any atom is 0.0719 e. The molecule has 0 aliphatic carbocycles. The summed E-state index contributed by atoms with van der Waals surface area (Å²) in [7, 11) is 0. The Labute approximate surface area is 198 Å². The first-order valence-corrected chi connectivity index (χ1v) is 12.6. The molecule has 0 radical (unpaired) electrons. The van der Waals surface area contributed by atoms with E-state index in [4.69, 9.17) is 4.98 Å². The van der Waals surface area contributed by atoms with Gasteiger partial charge < -0.3 is 4.90 Å². The number of hydrogen-bond acceptors (Lipinski definition) is 3. The summed E-state index contributed by atoms with van der Waals surface area (Å²) in [5, 5.41) is 3.80. The van der Waals surface area contributed by atoms with Gasteiger partial charge in [0.15, 0.2) is 0 Å². The SMILES string of the molecule is CCN(CC)C1CCN(C(C)c2cc(-c3cccc4ccccc34)nc3ccccc23)CC1. The highest BCUT2D eigenvalue weighted by molar-refractivity contribution is 5.97. The fourth-order valence-electron chi connectivity index (χ4n) is 5.71. The van der Waals surface area contributed by atoms with Gasteiger partial charge in [-0.3, -0.25) is 4.90 Å². The zero-order valence-electron chi connectivity index (χ0n) is 20.2. The summed E-state index contributed by atoms with van der Waals surface area (Å²) < 4.78 is 0. The predicted molar refractivity (Wildman–Crippen MR) is 141 cm³/mol. The first-order chi connectivity index (χ1) is 16.2. The number of piperidine rings is 1. The second-order valence-corrected chi connectivity index (χ2v) is 9.30. The van der Waals surface area contributed by atoms with E-state index in [1.807, 2.05) is 0 Å². The van der Waals surface area contributed by atoms with Crippen molar-refractivity contribution in [1.29, 1.82) is 0 Å². The van der Waals surface area contributed by atoms with Crippen LogP contribution in [0.3, 0.4) is 0 Å². The lowest BCUT2D eigenvalue weighted by atomic mass is 9.94. The number of likely N-dealkylation sites (tertiary alicyclic amines) is 1. The lowest BCUT2D eigenvalue weighted by Gasteiger charge is -2.40. The summed E-state index contributed by atoms with van der Waals surface area (Å²) >= 11 is 0. The Bertz CT molecular complexity index is 1230. The van der Waals surface area contributed by atoms with Gasteiger partial charge in [-0.2, -0.15) is 0 Å². The molecule has 2 heterocycles. The van der Waals surface area contributed by atoms with E-state index < -0.39 is 0 Å². The maximum atomic E-state index is 5.12. The van der Waals surface area contributed by atoms with Crippen LogP contribution in [0.4, 0.5) is 0 Å². The summed E-state index contributed by atoms with van der Waals surface area (Å²) in [6.45, 7) is 11.6. The second kappa shape index (κ2) is 9.62. The Balaban J connectivity index is 1.52. The minimum absolute atomic E-state index is 0.365. The Morgan fingerprint density at radius 2 is 1.55 bits per heavy atom. The molecule has 0 N–H and O–H groups in total. The van der Waals surface area contributed by atoms with Crippen LogP contribution in [0.25, 0.3) is 32.9 Å². The molecule has 5 rings (SSSR count). The highest BCUT2D eigenvalue weighted by atomic mass is 15.2. The lowest BCUT2D eigenvalue weighted by molar-refractivity contribution is 0.0943. The van der Waals surface area contributed by atoms with E-state index in [0.29, 0.717) is 6.04 Å². The van der Waals surface area contributed by atoms with Crippen LogP contribution in [0.15, 0.2) is 72.8 Å². The Hall–Kier alpha value is -2.75. The van der Waals surface area contributed by atoms with E-state index in [0.717, 1.165) is 43.4 Å². The van der Waals surface area contributed by atoms with Crippen molar-refractivity contribution in [3.63, 3.8) is 0 Å². The van der Waals surface area contributed by atoms with Crippen LogP contribution < -0.4 is 0 Å². The molecule has 4 aromatic rings. The molecule has 0 amide bonds. The second-order valence-electron chi connectivity index (χ2n) is 9.30. The van der Waals surface area contributed by atoms with Crippen LogP contribution in [0, 0.1) is 0 Å². The van der Waals surface area contributed by atoms with Gasteiger partial charge in [0.25, 0.3) is 0 Å². The van der Waals surface area contributed by atoms with Crippen molar-refractivity contribution < 1.29 is 0 Å². The van der Waals surface area contributed by atoms with E-state index >= 15 is 0 Å². The molecule has 1 fully saturated rings. The van der Waals surface area contributed by atoms with Crippen molar-refractivity contribution in [2.24, 2.45) is 0 Å². The largest absolute Gasteiger partial charge is 0.301 e. The standard InChI is InChI=1S/C30H35N3/c1-4-32(5-2)24-17-19-33(20-18-24)22(3)28-21-30(31-29-16-9-8-14-27(28)29)26-15-10-12-23-11-6-7-13-25(23)26/h6-16,21-22,24H,4-5,17-20H2,1-3H3. The fraction of sp³-hybridized carbons (Fsp3) is 0.367. The first kappa shape index (κ1) is 22.1. The Morgan fingerprint density at radius 1 is 0.879 bits per heavy atom. The molecule has 3 nitrogen and oxygen atoms in total. The van der Waals surface area contributed by atoms with Crippen molar-refractivity contribution in [3.8, 4) is 11.3 Å². The summed E-state index contributed by atoms with van der Waals surface area (Å²) in [5.74, 6) is 0. The van der Waals surface area contributed by atoms with Crippen molar-refractivity contribution in [2.45, 2.75) is 45.7 Å². The zero-order chi connectivity index (χ0) is 22.8. The number of hydrogen-bond donors (Lipinski definition) is 0. The quantitative estimate of drug-likeness (QED) is 0.326. The molecule has 1 saturated heterocycles. The van der Waals surface area contributed by atoms with Crippen LogP contribution in [0.1, 0.15) is 45.2 Å².